The second-order valence-electron chi connectivity index (χ2n) is 3.53. The predicted molar refractivity (Wildman–Crippen MR) is 62.8 cm³/mol. The first-order valence-corrected chi connectivity index (χ1v) is 5.17. The Hall–Kier alpha value is -2.39. The number of nitrogens with zero attached hydrogens (tertiary/aromatic N) is 1. The number of hydrogen-bond acceptors (Lipinski definition) is 4. The molecule has 1 amide bonds. The number of aliphatic carboxylic acids is 1. The number of anilines is 1. The number of amides is 1. The van der Waals surface area contributed by atoms with Gasteiger partial charge >= 0.3 is 5.97 Å². The largest absolute Gasteiger partial charge is 0.479 e. The molecule has 0 unspecified atom stereocenters. The first kappa shape index (κ1) is 13.7. The van der Waals surface area contributed by atoms with E-state index in [0.717, 1.165) is 0 Å². The highest BCUT2D eigenvalue weighted by Gasteiger charge is 2.13. The van der Waals surface area contributed by atoms with Gasteiger partial charge in [-0.25, -0.2) is 4.79 Å². The molecule has 2 N–H and O–H groups in total. The number of carbonyl (C=O) groups is 2. The number of carboxylic acid groups (broad SMARTS) is 1. The van der Waals surface area contributed by atoms with E-state index in [4.69, 9.17) is 15.1 Å². The summed E-state index contributed by atoms with van der Waals surface area (Å²) in [7, 11) is 0. The van der Waals surface area contributed by atoms with Gasteiger partial charge in [0.1, 0.15) is 6.61 Å². The number of hydrogen-bond donors (Lipinski definition) is 2. The Morgan fingerprint density at radius 1 is 1.56 bits per heavy atom. The standard InChI is InChI=1S/C12H12N2O4/c1-8(12(16)17)18-7-11(15)14-10-4-2-3-9(5-10)6-13/h2-5,8H,7H2,1H3,(H,14,15)(H,16,17)/t8-/m0/s1. The van der Waals surface area contributed by atoms with Crippen LogP contribution in [0.15, 0.2) is 24.3 Å². The molecule has 0 aliphatic carbocycles. The highest BCUT2D eigenvalue weighted by Crippen LogP contribution is 2.09. The van der Waals surface area contributed by atoms with Crippen LogP contribution < -0.4 is 5.32 Å². The van der Waals surface area contributed by atoms with Gasteiger partial charge in [0.25, 0.3) is 0 Å². The van der Waals surface area contributed by atoms with Crippen molar-refractivity contribution in [3.63, 3.8) is 0 Å². The summed E-state index contributed by atoms with van der Waals surface area (Å²) in [6, 6.07) is 8.33. The lowest BCUT2D eigenvalue weighted by molar-refractivity contribution is -0.150. The van der Waals surface area contributed by atoms with Crippen LogP contribution >= 0.6 is 0 Å². The average molecular weight is 248 g/mol. The van der Waals surface area contributed by atoms with Crippen molar-refractivity contribution in [1.29, 1.82) is 5.26 Å². The van der Waals surface area contributed by atoms with Crippen LogP contribution in [-0.4, -0.2) is 29.7 Å². The number of nitrogens with one attached hydrogen (secondary N) is 1. The summed E-state index contributed by atoms with van der Waals surface area (Å²) in [5, 5.41) is 19.7. The fraction of sp³-hybridized carbons (Fsp3) is 0.250. The van der Waals surface area contributed by atoms with Gasteiger partial charge in [-0.3, -0.25) is 4.79 Å². The van der Waals surface area contributed by atoms with Gasteiger partial charge in [0.05, 0.1) is 11.6 Å². The zero-order valence-corrected chi connectivity index (χ0v) is 9.71. The number of benzene rings is 1. The SMILES string of the molecule is C[C@H](OCC(=O)Nc1cccc(C#N)c1)C(=O)O. The van der Waals surface area contributed by atoms with E-state index >= 15 is 0 Å². The summed E-state index contributed by atoms with van der Waals surface area (Å²) < 4.78 is 4.82. The zero-order valence-electron chi connectivity index (χ0n) is 9.71. The topological polar surface area (TPSA) is 99.4 Å². The Morgan fingerprint density at radius 2 is 2.28 bits per heavy atom. The summed E-state index contributed by atoms with van der Waals surface area (Å²) >= 11 is 0. The van der Waals surface area contributed by atoms with E-state index in [1.54, 1.807) is 18.2 Å². The van der Waals surface area contributed by atoms with Crippen molar-refractivity contribution in [2.75, 3.05) is 11.9 Å². The molecule has 0 heterocycles. The Labute approximate surface area is 104 Å². The van der Waals surface area contributed by atoms with Crippen molar-refractivity contribution in [2.24, 2.45) is 0 Å². The molecule has 0 radical (unpaired) electrons. The molecule has 18 heavy (non-hydrogen) atoms. The normalized spacial score (nSPS) is 11.3. The molecule has 0 aromatic heterocycles. The Morgan fingerprint density at radius 3 is 2.89 bits per heavy atom. The lowest BCUT2D eigenvalue weighted by atomic mass is 10.2. The average Bonchev–Trinajstić information content (AvgIpc) is 2.36. The van der Waals surface area contributed by atoms with Crippen molar-refractivity contribution in [1.82, 2.24) is 0 Å². The molecule has 6 heteroatoms. The fourth-order valence-electron chi connectivity index (χ4n) is 1.14. The Bertz CT molecular complexity index is 493. The summed E-state index contributed by atoms with van der Waals surface area (Å²) in [4.78, 5) is 21.9. The maximum Gasteiger partial charge on any atom is 0.332 e. The summed E-state index contributed by atoms with van der Waals surface area (Å²) in [5.74, 6) is -1.60. The lowest BCUT2D eigenvalue weighted by Gasteiger charge is -2.09. The maximum atomic E-state index is 11.4. The number of carbonyl (C=O) groups excluding carboxylic acids is 1. The van der Waals surface area contributed by atoms with Gasteiger partial charge in [-0.1, -0.05) is 6.07 Å². The van der Waals surface area contributed by atoms with Crippen LogP contribution in [0.4, 0.5) is 5.69 Å². The van der Waals surface area contributed by atoms with E-state index in [1.807, 2.05) is 6.07 Å². The molecular weight excluding hydrogens is 236 g/mol. The molecule has 1 atom stereocenters. The summed E-state index contributed by atoms with van der Waals surface area (Å²) in [5.41, 5.74) is 0.887. The van der Waals surface area contributed by atoms with Gasteiger partial charge in [-0.05, 0) is 25.1 Å². The van der Waals surface area contributed by atoms with Crippen LogP contribution in [0.1, 0.15) is 12.5 Å². The van der Waals surface area contributed by atoms with Gasteiger partial charge in [0, 0.05) is 5.69 Å². The third-order valence-electron chi connectivity index (χ3n) is 2.09. The highest BCUT2D eigenvalue weighted by atomic mass is 16.5. The highest BCUT2D eigenvalue weighted by molar-refractivity contribution is 5.92. The number of rotatable bonds is 5. The minimum atomic E-state index is -1.13. The van der Waals surface area contributed by atoms with Gasteiger partial charge in [-0.15, -0.1) is 0 Å². The van der Waals surface area contributed by atoms with Crippen molar-refractivity contribution in [3.05, 3.63) is 29.8 Å². The summed E-state index contributed by atoms with van der Waals surface area (Å²) in [6.45, 7) is 0.982. The van der Waals surface area contributed by atoms with Crippen LogP contribution in [0, 0.1) is 11.3 Å². The van der Waals surface area contributed by atoms with E-state index in [-0.39, 0.29) is 6.61 Å². The molecule has 1 aromatic rings. The minimum absolute atomic E-state index is 0.357. The van der Waals surface area contributed by atoms with Crippen molar-refractivity contribution >= 4 is 17.6 Å². The second kappa shape index (κ2) is 6.37. The first-order valence-electron chi connectivity index (χ1n) is 5.17. The molecule has 0 aliphatic rings. The van der Waals surface area contributed by atoms with Crippen molar-refractivity contribution in [2.45, 2.75) is 13.0 Å². The Kier molecular flexibility index (Phi) is 4.84. The van der Waals surface area contributed by atoms with Crippen molar-refractivity contribution in [3.8, 4) is 6.07 Å². The minimum Gasteiger partial charge on any atom is -0.479 e. The molecule has 0 fully saturated rings. The predicted octanol–water partition coefficient (Wildman–Crippen LogP) is 0.986. The molecule has 0 aliphatic heterocycles. The monoisotopic (exact) mass is 248 g/mol. The third kappa shape index (κ3) is 4.23. The molecule has 6 nitrogen and oxygen atoms in total. The zero-order chi connectivity index (χ0) is 13.5. The molecule has 1 rings (SSSR count). The van der Waals surface area contributed by atoms with E-state index in [0.29, 0.717) is 11.3 Å². The molecule has 0 bridgehead atoms. The van der Waals surface area contributed by atoms with E-state index in [1.165, 1.54) is 13.0 Å². The lowest BCUT2D eigenvalue weighted by Crippen LogP contribution is -2.26. The van der Waals surface area contributed by atoms with Crippen LogP contribution in [0.2, 0.25) is 0 Å². The van der Waals surface area contributed by atoms with Gasteiger partial charge in [-0.2, -0.15) is 5.26 Å². The molecular formula is C12H12N2O4. The van der Waals surface area contributed by atoms with Crippen LogP contribution in [-0.2, 0) is 14.3 Å². The molecule has 0 saturated carbocycles. The number of ether oxygens (including phenoxy) is 1. The summed E-state index contributed by atoms with van der Waals surface area (Å²) in [6.07, 6.45) is -1.04. The smallest absolute Gasteiger partial charge is 0.332 e. The Balaban J connectivity index is 2.50. The van der Waals surface area contributed by atoms with Gasteiger partial charge < -0.3 is 15.2 Å². The fourth-order valence-corrected chi connectivity index (χ4v) is 1.14. The van der Waals surface area contributed by atoms with E-state index in [9.17, 15) is 9.59 Å². The number of nitriles is 1. The number of carboxylic acids is 1. The molecule has 94 valence electrons. The molecule has 0 saturated heterocycles. The van der Waals surface area contributed by atoms with E-state index < -0.39 is 18.0 Å². The molecule has 1 aromatic carbocycles. The molecule has 0 spiro atoms. The quantitative estimate of drug-likeness (QED) is 0.809. The van der Waals surface area contributed by atoms with E-state index in [2.05, 4.69) is 5.32 Å². The second-order valence-corrected chi connectivity index (χ2v) is 3.53. The van der Waals surface area contributed by atoms with Crippen LogP contribution in [0.3, 0.4) is 0 Å². The van der Waals surface area contributed by atoms with Crippen molar-refractivity contribution < 1.29 is 19.4 Å². The maximum absolute atomic E-state index is 11.4. The first-order chi connectivity index (χ1) is 8.52. The van der Waals surface area contributed by atoms with Crippen LogP contribution in [0.25, 0.3) is 0 Å². The third-order valence-corrected chi connectivity index (χ3v) is 2.09. The van der Waals surface area contributed by atoms with Gasteiger partial charge in [0.15, 0.2) is 6.10 Å². The van der Waals surface area contributed by atoms with Gasteiger partial charge in [0.2, 0.25) is 5.91 Å². The van der Waals surface area contributed by atoms with Crippen LogP contribution in [0.5, 0.6) is 0 Å².